The van der Waals surface area contributed by atoms with Gasteiger partial charge in [0, 0.05) is 0 Å². The van der Waals surface area contributed by atoms with E-state index in [2.05, 4.69) is 13.8 Å². The van der Waals surface area contributed by atoms with Gasteiger partial charge >= 0.3 is 0 Å². The molecule has 0 unspecified atom stereocenters. The van der Waals surface area contributed by atoms with Crippen molar-refractivity contribution in [3.8, 4) is 0 Å². The van der Waals surface area contributed by atoms with Crippen molar-refractivity contribution >= 4 is 64.2 Å². The van der Waals surface area contributed by atoms with Gasteiger partial charge in [0.25, 0.3) is 0 Å². The first-order valence-electron chi connectivity index (χ1n) is 5.16. The van der Waals surface area contributed by atoms with Crippen LogP contribution in [0.3, 0.4) is 0 Å². The molecule has 0 spiro atoms. The molecule has 16 heavy (non-hydrogen) atoms. The molecule has 0 radical (unpaired) electrons. The third-order valence-corrected chi connectivity index (χ3v) is 8.64. The quantitative estimate of drug-likeness (QED) is 0.725. The molecular formula is C10H12OS5. The lowest BCUT2D eigenvalue weighted by Gasteiger charge is -2.14. The molecule has 0 fully saturated rings. The Kier molecular flexibility index (Phi) is 4.51. The highest BCUT2D eigenvalue weighted by molar-refractivity contribution is 8.07. The van der Waals surface area contributed by atoms with Gasteiger partial charge in [0.2, 0.25) is 0 Å². The Morgan fingerprint density at radius 2 is 1.50 bits per heavy atom. The van der Waals surface area contributed by atoms with Gasteiger partial charge in [-0.3, -0.25) is 4.79 Å². The van der Waals surface area contributed by atoms with Crippen molar-refractivity contribution in [2.24, 2.45) is 0 Å². The molecule has 0 aliphatic carbocycles. The van der Waals surface area contributed by atoms with Crippen LogP contribution >= 0.6 is 58.4 Å². The average Bonchev–Trinajstić information content (AvgIpc) is 2.56. The van der Waals surface area contributed by atoms with E-state index in [1.54, 1.807) is 46.2 Å². The molecule has 0 aromatic carbocycles. The second-order valence-corrected chi connectivity index (χ2v) is 9.63. The van der Waals surface area contributed by atoms with E-state index in [-0.39, 0.29) is 10.5 Å². The molecule has 0 saturated heterocycles. The van der Waals surface area contributed by atoms with Crippen LogP contribution in [0.5, 0.6) is 0 Å². The zero-order chi connectivity index (χ0) is 11.7. The number of thioether (sulfide) groups is 2. The van der Waals surface area contributed by atoms with Crippen LogP contribution in [0.15, 0.2) is 8.42 Å². The van der Waals surface area contributed by atoms with Gasteiger partial charge < -0.3 is 0 Å². The first-order chi connectivity index (χ1) is 7.65. The van der Waals surface area contributed by atoms with Crippen LogP contribution in [0, 0.1) is 3.14 Å². The molecule has 1 aliphatic heterocycles. The number of ketones is 1. The summed E-state index contributed by atoms with van der Waals surface area (Å²) in [5.41, 5.74) is 0. The molecule has 2 atom stereocenters. The first-order valence-corrected chi connectivity index (χ1v) is 8.96. The summed E-state index contributed by atoms with van der Waals surface area (Å²) in [6.07, 6.45) is 1.82. The van der Waals surface area contributed by atoms with E-state index in [9.17, 15) is 4.79 Å². The minimum atomic E-state index is 0.124. The monoisotopic (exact) mass is 308 g/mol. The lowest BCUT2D eigenvalue weighted by molar-refractivity contribution is -0.118. The summed E-state index contributed by atoms with van der Waals surface area (Å²) in [5, 5.41) is 0.248. The summed E-state index contributed by atoms with van der Waals surface area (Å²) in [6, 6.07) is 0. The Bertz CT molecular complexity index is 410. The van der Waals surface area contributed by atoms with Gasteiger partial charge in [-0.15, -0.1) is 46.2 Å². The molecule has 0 saturated carbocycles. The zero-order valence-electron chi connectivity index (χ0n) is 9.02. The topological polar surface area (TPSA) is 17.1 Å². The maximum Gasteiger partial charge on any atom is 0.159 e. The van der Waals surface area contributed by atoms with Crippen molar-refractivity contribution in [1.82, 2.24) is 0 Å². The Labute approximate surface area is 117 Å². The van der Waals surface area contributed by atoms with Crippen LogP contribution in [-0.4, -0.2) is 16.3 Å². The van der Waals surface area contributed by atoms with Gasteiger partial charge in [-0.05, 0) is 12.8 Å². The second kappa shape index (κ2) is 5.52. The van der Waals surface area contributed by atoms with Crippen LogP contribution in [0.4, 0.5) is 0 Å². The minimum Gasteiger partial charge on any atom is -0.297 e. The molecule has 2 heterocycles. The molecule has 0 amide bonds. The van der Waals surface area contributed by atoms with E-state index in [1.165, 1.54) is 8.42 Å². The number of fused-ring (bicyclic) bond motifs is 1. The van der Waals surface area contributed by atoms with Gasteiger partial charge in [-0.25, -0.2) is 0 Å². The van der Waals surface area contributed by atoms with Crippen LogP contribution in [0.25, 0.3) is 0 Å². The van der Waals surface area contributed by atoms with E-state index in [4.69, 9.17) is 12.2 Å². The maximum atomic E-state index is 12.2. The third-order valence-electron chi connectivity index (χ3n) is 2.39. The van der Waals surface area contributed by atoms with Gasteiger partial charge in [0.15, 0.2) is 5.78 Å². The predicted molar refractivity (Wildman–Crippen MR) is 77.9 cm³/mol. The first kappa shape index (κ1) is 13.1. The predicted octanol–water partition coefficient (Wildman–Crippen LogP) is 4.86. The third kappa shape index (κ3) is 2.56. The largest absolute Gasteiger partial charge is 0.297 e. The standard InChI is InChI=1S/C10H12OS5/c1-3-5-7(11)6(4-2)14-9-8(13-5)15-10(12)16-9/h5-6H,3-4H2,1-2H3/t5-,6-/m0/s1. The summed E-state index contributed by atoms with van der Waals surface area (Å²) >= 11 is 12.0. The number of hydrogen-bond acceptors (Lipinski definition) is 6. The Hall–Kier alpha value is 0.640. The van der Waals surface area contributed by atoms with E-state index in [0.29, 0.717) is 5.78 Å². The number of rotatable bonds is 2. The molecule has 0 bridgehead atoms. The Balaban J connectivity index is 2.38. The molecule has 1 aromatic rings. The summed E-state index contributed by atoms with van der Waals surface area (Å²) < 4.78 is 3.50. The normalized spacial score (nSPS) is 25.2. The average molecular weight is 309 g/mol. The number of carbonyl (C=O) groups excluding carboxylic acids is 1. The van der Waals surface area contributed by atoms with Crippen LogP contribution in [0.2, 0.25) is 0 Å². The van der Waals surface area contributed by atoms with Crippen molar-refractivity contribution in [2.45, 2.75) is 45.6 Å². The zero-order valence-corrected chi connectivity index (χ0v) is 13.1. The lowest BCUT2D eigenvalue weighted by atomic mass is 10.1. The summed E-state index contributed by atoms with van der Waals surface area (Å²) in [5.74, 6) is 0.404. The Morgan fingerprint density at radius 1 is 1.06 bits per heavy atom. The van der Waals surface area contributed by atoms with Crippen molar-refractivity contribution in [2.75, 3.05) is 0 Å². The van der Waals surface area contributed by atoms with Crippen LogP contribution in [0.1, 0.15) is 26.7 Å². The Morgan fingerprint density at radius 3 is 1.88 bits per heavy atom. The smallest absolute Gasteiger partial charge is 0.159 e. The number of Topliss-reactive ketones (excluding diaryl/α,β-unsaturated/α-hetero) is 1. The van der Waals surface area contributed by atoms with Crippen LogP contribution in [-0.2, 0) is 4.79 Å². The molecule has 0 N–H and O–H groups in total. The van der Waals surface area contributed by atoms with Crippen molar-refractivity contribution in [1.29, 1.82) is 0 Å². The highest BCUT2D eigenvalue weighted by Crippen LogP contribution is 2.48. The van der Waals surface area contributed by atoms with Crippen LogP contribution < -0.4 is 0 Å². The van der Waals surface area contributed by atoms with Gasteiger partial charge in [0.05, 0.1) is 18.9 Å². The van der Waals surface area contributed by atoms with E-state index < -0.39 is 0 Å². The molecule has 1 nitrogen and oxygen atoms in total. The van der Waals surface area contributed by atoms with Gasteiger partial charge in [0.1, 0.15) is 3.14 Å². The number of carbonyl (C=O) groups is 1. The maximum absolute atomic E-state index is 12.2. The number of hydrogen-bond donors (Lipinski definition) is 0. The molecule has 1 aliphatic rings. The molecule has 6 heteroatoms. The molecule has 88 valence electrons. The minimum absolute atomic E-state index is 0.124. The van der Waals surface area contributed by atoms with Crippen molar-refractivity contribution in [3.63, 3.8) is 0 Å². The molecular weight excluding hydrogens is 296 g/mol. The summed E-state index contributed by atoms with van der Waals surface area (Å²) in [7, 11) is 0. The van der Waals surface area contributed by atoms with E-state index in [1.807, 2.05) is 0 Å². The van der Waals surface area contributed by atoms with E-state index >= 15 is 0 Å². The molecule has 1 aromatic heterocycles. The van der Waals surface area contributed by atoms with Crippen molar-refractivity contribution < 1.29 is 4.79 Å². The highest BCUT2D eigenvalue weighted by atomic mass is 32.2. The fourth-order valence-electron chi connectivity index (χ4n) is 1.55. The van der Waals surface area contributed by atoms with E-state index in [0.717, 1.165) is 16.0 Å². The second-order valence-electron chi connectivity index (χ2n) is 3.46. The van der Waals surface area contributed by atoms with Gasteiger partial charge in [-0.1, -0.05) is 26.1 Å². The van der Waals surface area contributed by atoms with Crippen molar-refractivity contribution in [3.05, 3.63) is 3.14 Å². The SMILES string of the molecule is CC[C@@H]1Sc2sc(=S)sc2S[C@@H](CC)C1=O. The summed E-state index contributed by atoms with van der Waals surface area (Å²) in [4.78, 5) is 12.2. The van der Waals surface area contributed by atoms with Gasteiger partial charge in [-0.2, -0.15) is 0 Å². The lowest BCUT2D eigenvalue weighted by Crippen LogP contribution is -2.25. The fourth-order valence-corrected chi connectivity index (χ4v) is 8.17. The summed E-state index contributed by atoms with van der Waals surface area (Å²) in [6.45, 7) is 4.17. The molecule has 2 rings (SSSR count). The fraction of sp³-hybridized carbons (Fsp3) is 0.600. The highest BCUT2D eigenvalue weighted by Gasteiger charge is 2.32.